The molecule has 1 aliphatic carbocycles. The van der Waals surface area contributed by atoms with E-state index >= 15 is 0 Å². The second-order valence-electron chi connectivity index (χ2n) is 5.80. The van der Waals surface area contributed by atoms with Crippen LogP contribution in [0.2, 0.25) is 0 Å². The van der Waals surface area contributed by atoms with Crippen molar-refractivity contribution < 1.29 is 0 Å². The van der Waals surface area contributed by atoms with E-state index < -0.39 is 0 Å². The smallest absolute Gasteiger partial charge is 0.0337 e. The van der Waals surface area contributed by atoms with E-state index in [-0.39, 0.29) is 0 Å². The first-order chi connectivity index (χ1) is 5.95. The molecule has 1 fully saturated rings. The first kappa shape index (κ1) is 11.1. The molecule has 0 bridgehead atoms. The largest absolute Gasteiger partial charge is 0.0625 e. The van der Waals surface area contributed by atoms with Gasteiger partial charge in [-0.1, -0.05) is 41.5 Å². The summed E-state index contributed by atoms with van der Waals surface area (Å²) in [7, 11) is 0. The van der Waals surface area contributed by atoms with E-state index in [9.17, 15) is 0 Å². The minimum Gasteiger partial charge on any atom is -0.0625 e. The lowest BCUT2D eigenvalue weighted by atomic mass is 9.78. The third kappa shape index (κ3) is 2.08. The monoisotopic (exact) mass is 182 g/mol. The van der Waals surface area contributed by atoms with Crippen LogP contribution in [-0.4, -0.2) is 0 Å². The molecule has 13 heavy (non-hydrogen) atoms. The van der Waals surface area contributed by atoms with Gasteiger partial charge in [0.05, 0.1) is 0 Å². The summed E-state index contributed by atoms with van der Waals surface area (Å²) in [5.41, 5.74) is 0. The normalized spacial score (nSPS) is 40.6. The van der Waals surface area contributed by atoms with Gasteiger partial charge < -0.3 is 0 Å². The van der Waals surface area contributed by atoms with Gasteiger partial charge >= 0.3 is 0 Å². The van der Waals surface area contributed by atoms with Crippen molar-refractivity contribution >= 4 is 0 Å². The Kier molecular flexibility index (Phi) is 3.43. The fourth-order valence-corrected chi connectivity index (χ4v) is 3.75. The Labute approximate surface area is 84.1 Å². The second-order valence-corrected chi connectivity index (χ2v) is 5.80. The molecule has 1 rings (SSSR count). The predicted molar refractivity (Wildman–Crippen MR) is 59.6 cm³/mol. The van der Waals surface area contributed by atoms with Crippen molar-refractivity contribution in [3.63, 3.8) is 0 Å². The van der Waals surface area contributed by atoms with Gasteiger partial charge in [0, 0.05) is 0 Å². The molecule has 0 heteroatoms. The Hall–Kier alpha value is 0. The van der Waals surface area contributed by atoms with Crippen molar-refractivity contribution in [3.8, 4) is 0 Å². The van der Waals surface area contributed by atoms with E-state index in [1.165, 1.54) is 6.42 Å². The van der Waals surface area contributed by atoms with E-state index in [1.807, 2.05) is 0 Å². The van der Waals surface area contributed by atoms with Crippen LogP contribution in [-0.2, 0) is 0 Å². The topological polar surface area (TPSA) is 0 Å². The fourth-order valence-electron chi connectivity index (χ4n) is 3.75. The average molecular weight is 182 g/mol. The Morgan fingerprint density at radius 2 is 1.46 bits per heavy atom. The lowest BCUT2D eigenvalue weighted by Crippen LogP contribution is -2.21. The molecule has 1 aliphatic rings. The molecule has 0 aromatic rings. The molecule has 0 aromatic heterocycles. The van der Waals surface area contributed by atoms with Gasteiger partial charge in [0.2, 0.25) is 0 Å². The SMILES string of the molecule is CC(C)C1CC(C)C(C(C)C)C1C. The molecule has 78 valence electrons. The van der Waals surface area contributed by atoms with Crippen LogP contribution in [0.15, 0.2) is 0 Å². The third-order valence-corrected chi connectivity index (χ3v) is 4.21. The van der Waals surface area contributed by atoms with Crippen molar-refractivity contribution in [1.29, 1.82) is 0 Å². The van der Waals surface area contributed by atoms with Crippen molar-refractivity contribution in [2.45, 2.75) is 48.0 Å². The molecule has 4 atom stereocenters. The van der Waals surface area contributed by atoms with E-state index in [0.717, 1.165) is 35.5 Å². The maximum absolute atomic E-state index is 2.47. The molecule has 0 aromatic carbocycles. The average Bonchev–Trinajstić information content (AvgIpc) is 2.26. The highest BCUT2D eigenvalue weighted by atomic mass is 14.5. The molecular weight excluding hydrogens is 156 g/mol. The van der Waals surface area contributed by atoms with Crippen LogP contribution in [0.25, 0.3) is 0 Å². The highest BCUT2D eigenvalue weighted by Crippen LogP contribution is 2.47. The maximum atomic E-state index is 2.47. The summed E-state index contributed by atoms with van der Waals surface area (Å²) in [6, 6.07) is 0. The Morgan fingerprint density at radius 1 is 0.923 bits per heavy atom. The molecule has 0 heterocycles. The summed E-state index contributed by atoms with van der Waals surface area (Å²) in [6.07, 6.45) is 1.46. The Morgan fingerprint density at radius 3 is 1.69 bits per heavy atom. The van der Waals surface area contributed by atoms with Gasteiger partial charge in [-0.3, -0.25) is 0 Å². The van der Waals surface area contributed by atoms with Crippen LogP contribution in [0.3, 0.4) is 0 Å². The zero-order chi connectivity index (χ0) is 10.2. The van der Waals surface area contributed by atoms with Crippen LogP contribution in [0.4, 0.5) is 0 Å². The Bertz CT molecular complexity index is 157. The molecule has 0 saturated heterocycles. The van der Waals surface area contributed by atoms with Crippen molar-refractivity contribution in [2.75, 3.05) is 0 Å². The van der Waals surface area contributed by atoms with E-state index in [1.54, 1.807) is 0 Å². The summed E-state index contributed by atoms with van der Waals surface area (Å²) in [5, 5.41) is 0. The molecule has 1 saturated carbocycles. The summed E-state index contributed by atoms with van der Waals surface area (Å²) < 4.78 is 0. The van der Waals surface area contributed by atoms with Gasteiger partial charge in [-0.15, -0.1) is 0 Å². The van der Waals surface area contributed by atoms with Crippen molar-refractivity contribution in [3.05, 3.63) is 0 Å². The minimum absolute atomic E-state index is 0.869. The quantitative estimate of drug-likeness (QED) is 0.600. The first-order valence-electron chi connectivity index (χ1n) is 5.95. The molecule has 0 spiro atoms. The lowest BCUT2D eigenvalue weighted by Gasteiger charge is -2.27. The van der Waals surface area contributed by atoms with Crippen molar-refractivity contribution in [1.82, 2.24) is 0 Å². The molecule has 0 nitrogen and oxygen atoms in total. The molecule has 0 aliphatic heterocycles. The zero-order valence-electron chi connectivity index (χ0n) is 10.2. The molecule has 0 radical (unpaired) electrons. The van der Waals surface area contributed by atoms with Crippen LogP contribution < -0.4 is 0 Å². The van der Waals surface area contributed by atoms with Crippen LogP contribution in [0.5, 0.6) is 0 Å². The second kappa shape index (κ2) is 4.02. The van der Waals surface area contributed by atoms with Gasteiger partial charge in [0.15, 0.2) is 0 Å². The van der Waals surface area contributed by atoms with Crippen LogP contribution >= 0.6 is 0 Å². The summed E-state index contributed by atoms with van der Waals surface area (Å²) in [4.78, 5) is 0. The van der Waals surface area contributed by atoms with Crippen LogP contribution in [0.1, 0.15) is 48.0 Å². The molecule has 0 amide bonds. The first-order valence-corrected chi connectivity index (χ1v) is 5.95. The highest BCUT2D eigenvalue weighted by molar-refractivity contribution is 4.89. The number of hydrogen-bond donors (Lipinski definition) is 0. The summed E-state index contributed by atoms with van der Waals surface area (Å²) in [6.45, 7) is 14.5. The maximum Gasteiger partial charge on any atom is -0.0337 e. The number of rotatable bonds is 2. The molecule has 0 N–H and O–H groups in total. The summed E-state index contributed by atoms with van der Waals surface area (Å²) in [5.74, 6) is 5.57. The predicted octanol–water partition coefficient (Wildman–Crippen LogP) is 4.21. The van der Waals surface area contributed by atoms with Gasteiger partial charge in [0.1, 0.15) is 0 Å². The standard InChI is InChI=1S/C13H26/c1-8(2)12-7-10(5)13(9(3)4)11(12)6/h8-13H,7H2,1-6H3. The van der Waals surface area contributed by atoms with Crippen LogP contribution in [0, 0.1) is 35.5 Å². The van der Waals surface area contributed by atoms with E-state index in [4.69, 9.17) is 0 Å². The van der Waals surface area contributed by atoms with Gasteiger partial charge in [0.25, 0.3) is 0 Å². The van der Waals surface area contributed by atoms with Gasteiger partial charge in [-0.2, -0.15) is 0 Å². The zero-order valence-corrected chi connectivity index (χ0v) is 10.2. The van der Waals surface area contributed by atoms with Gasteiger partial charge in [-0.25, -0.2) is 0 Å². The van der Waals surface area contributed by atoms with E-state index in [0.29, 0.717) is 0 Å². The third-order valence-electron chi connectivity index (χ3n) is 4.21. The van der Waals surface area contributed by atoms with Gasteiger partial charge in [-0.05, 0) is 41.9 Å². The lowest BCUT2D eigenvalue weighted by molar-refractivity contribution is 0.216. The van der Waals surface area contributed by atoms with Crippen molar-refractivity contribution in [2.24, 2.45) is 35.5 Å². The molecule has 4 unspecified atom stereocenters. The number of hydrogen-bond acceptors (Lipinski definition) is 0. The Balaban J connectivity index is 2.69. The molecular formula is C13H26. The van der Waals surface area contributed by atoms with E-state index in [2.05, 4.69) is 41.5 Å². The summed E-state index contributed by atoms with van der Waals surface area (Å²) >= 11 is 0. The highest BCUT2D eigenvalue weighted by Gasteiger charge is 2.40. The minimum atomic E-state index is 0.869. The fraction of sp³-hybridized carbons (Fsp3) is 1.00.